The molecular formula is C23H27N2O+. The summed E-state index contributed by atoms with van der Waals surface area (Å²) in [5.74, 6) is 0.0322. The van der Waals surface area contributed by atoms with Crippen LogP contribution in [-0.2, 0) is 11.3 Å². The summed E-state index contributed by atoms with van der Waals surface area (Å²) in [7, 11) is 0. The fraction of sp³-hybridized carbons (Fsp3) is 0.348. The van der Waals surface area contributed by atoms with Crippen LogP contribution in [0.15, 0.2) is 66.7 Å². The van der Waals surface area contributed by atoms with Crippen molar-refractivity contribution in [3.63, 3.8) is 0 Å². The van der Waals surface area contributed by atoms with E-state index in [0.717, 1.165) is 24.9 Å². The van der Waals surface area contributed by atoms with E-state index in [-0.39, 0.29) is 5.91 Å². The molecule has 0 spiro atoms. The van der Waals surface area contributed by atoms with Crippen molar-refractivity contribution in [2.45, 2.75) is 50.4 Å². The van der Waals surface area contributed by atoms with Gasteiger partial charge in [-0.3, -0.25) is 4.79 Å². The number of hydrogen-bond donors (Lipinski definition) is 2. The van der Waals surface area contributed by atoms with Gasteiger partial charge in [0, 0.05) is 43.4 Å². The average Bonchev–Trinajstić information content (AvgIpc) is 2.90. The number of benzene rings is 2. The van der Waals surface area contributed by atoms with Crippen LogP contribution in [0, 0.1) is 0 Å². The molecule has 2 bridgehead atoms. The molecule has 0 aromatic heterocycles. The molecule has 4 rings (SSSR count). The number of piperidine rings is 1. The summed E-state index contributed by atoms with van der Waals surface area (Å²) in [6.07, 6.45) is 8.34. The van der Waals surface area contributed by atoms with Crippen molar-refractivity contribution >= 4 is 12.0 Å². The van der Waals surface area contributed by atoms with Gasteiger partial charge < -0.3 is 10.2 Å². The first kappa shape index (κ1) is 17.0. The van der Waals surface area contributed by atoms with Gasteiger partial charge in [0.2, 0.25) is 5.91 Å². The Morgan fingerprint density at radius 1 is 0.962 bits per heavy atom. The zero-order valence-corrected chi connectivity index (χ0v) is 15.1. The third-order valence-electron chi connectivity index (χ3n) is 5.87. The number of fused-ring (bicyclic) bond motifs is 2. The summed E-state index contributed by atoms with van der Waals surface area (Å²) in [5, 5.41) is 3.24. The molecule has 2 N–H and O–H groups in total. The standard InChI is InChI=1S/C23H26N2O/c26-23(14-11-18-7-3-1-4-8-18)24-20-15-21-12-13-22(16-20)25(21)17-19-9-5-2-6-10-19/h1-11,14,20-22H,12-13,15-17H2,(H,24,26)/p+1/b14-11+/t20?,21-,22+. The van der Waals surface area contributed by atoms with Crippen LogP contribution in [0.5, 0.6) is 0 Å². The molecule has 0 radical (unpaired) electrons. The highest BCUT2D eigenvalue weighted by Crippen LogP contribution is 2.23. The Kier molecular flexibility index (Phi) is 5.16. The van der Waals surface area contributed by atoms with E-state index >= 15 is 0 Å². The molecule has 3 nitrogen and oxygen atoms in total. The molecule has 2 saturated heterocycles. The highest BCUT2D eigenvalue weighted by molar-refractivity contribution is 5.91. The normalized spacial score (nSPS) is 27.5. The van der Waals surface area contributed by atoms with Crippen LogP contribution in [0.2, 0.25) is 0 Å². The molecule has 0 aliphatic carbocycles. The number of carbonyl (C=O) groups is 1. The third kappa shape index (κ3) is 4.05. The fourth-order valence-corrected chi connectivity index (χ4v) is 4.65. The molecule has 0 saturated carbocycles. The molecule has 26 heavy (non-hydrogen) atoms. The lowest BCUT2D eigenvalue weighted by Gasteiger charge is -2.36. The van der Waals surface area contributed by atoms with Crippen LogP contribution in [0.3, 0.4) is 0 Å². The van der Waals surface area contributed by atoms with E-state index in [1.165, 1.54) is 18.4 Å². The SMILES string of the molecule is O=C(/C=C/c1ccccc1)NC1C[C@H]2CC[C@@H](C1)[NH+]2Cc1ccccc1. The Hall–Kier alpha value is -2.39. The first-order valence-electron chi connectivity index (χ1n) is 9.71. The maximum Gasteiger partial charge on any atom is 0.244 e. The Morgan fingerprint density at radius 3 is 2.23 bits per heavy atom. The van der Waals surface area contributed by atoms with E-state index in [9.17, 15) is 4.79 Å². The van der Waals surface area contributed by atoms with Gasteiger partial charge >= 0.3 is 0 Å². The summed E-state index contributed by atoms with van der Waals surface area (Å²) in [6, 6.07) is 22.5. The summed E-state index contributed by atoms with van der Waals surface area (Å²) in [6.45, 7) is 1.12. The largest absolute Gasteiger partial charge is 0.349 e. The highest BCUT2D eigenvalue weighted by atomic mass is 16.1. The van der Waals surface area contributed by atoms with Crippen LogP contribution in [-0.4, -0.2) is 24.0 Å². The number of amides is 1. The molecule has 2 aromatic rings. The number of rotatable bonds is 5. The lowest BCUT2D eigenvalue weighted by atomic mass is 9.96. The summed E-state index contributed by atoms with van der Waals surface area (Å²) < 4.78 is 0. The Bertz CT molecular complexity index is 742. The van der Waals surface area contributed by atoms with Crippen molar-refractivity contribution in [3.8, 4) is 0 Å². The summed E-state index contributed by atoms with van der Waals surface area (Å²) in [4.78, 5) is 14.0. The van der Waals surface area contributed by atoms with Crippen LogP contribution < -0.4 is 10.2 Å². The van der Waals surface area contributed by atoms with Gasteiger partial charge in [-0.2, -0.15) is 0 Å². The second-order valence-electron chi connectivity index (χ2n) is 7.63. The Balaban J connectivity index is 1.32. The van der Waals surface area contributed by atoms with Crippen molar-refractivity contribution in [2.24, 2.45) is 0 Å². The second kappa shape index (κ2) is 7.88. The summed E-state index contributed by atoms with van der Waals surface area (Å²) >= 11 is 0. The van der Waals surface area contributed by atoms with Crippen molar-refractivity contribution in [2.75, 3.05) is 0 Å². The number of hydrogen-bond acceptors (Lipinski definition) is 1. The molecule has 4 atom stereocenters. The predicted octanol–water partition coefficient (Wildman–Crippen LogP) is 2.59. The second-order valence-corrected chi connectivity index (χ2v) is 7.63. The maximum absolute atomic E-state index is 12.3. The molecule has 134 valence electrons. The van der Waals surface area contributed by atoms with Gasteiger partial charge in [-0.15, -0.1) is 0 Å². The minimum Gasteiger partial charge on any atom is -0.349 e. The average molecular weight is 347 g/mol. The number of quaternary nitrogens is 1. The molecule has 2 aromatic carbocycles. The van der Waals surface area contributed by atoms with Gasteiger partial charge in [0.1, 0.15) is 6.54 Å². The Morgan fingerprint density at radius 2 is 1.58 bits per heavy atom. The van der Waals surface area contributed by atoms with Gasteiger partial charge in [-0.1, -0.05) is 60.7 Å². The number of carbonyl (C=O) groups excluding carboxylic acids is 1. The third-order valence-corrected chi connectivity index (χ3v) is 5.87. The van der Waals surface area contributed by atoms with Crippen molar-refractivity contribution in [1.29, 1.82) is 0 Å². The molecule has 2 aliphatic rings. The lowest BCUT2D eigenvalue weighted by Crippen LogP contribution is -3.17. The van der Waals surface area contributed by atoms with E-state index < -0.39 is 0 Å². The van der Waals surface area contributed by atoms with E-state index in [2.05, 4.69) is 35.6 Å². The molecule has 2 unspecified atom stereocenters. The topological polar surface area (TPSA) is 33.5 Å². The van der Waals surface area contributed by atoms with Crippen LogP contribution in [0.1, 0.15) is 36.8 Å². The van der Waals surface area contributed by atoms with Gasteiger partial charge in [-0.25, -0.2) is 0 Å². The van der Waals surface area contributed by atoms with Gasteiger partial charge in [0.15, 0.2) is 0 Å². The molecule has 3 heteroatoms. The zero-order chi connectivity index (χ0) is 17.8. The number of nitrogens with one attached hydrogen (secondary N) is 2. The van der Waals surface area contributed by atoms with E-state index in [0.29, 0.717) is 18.1 Å². The molecule has 2 fully saturated rings. The molecular weight excluding hydrogens is 320 g/mol. The first-order valence-corrected chi connectivity index (χ1v) is 9.71. The smallest absolute Gasteiger partial charge is 0.244 e. The first-order chi connectivity index (χ1) is 12.8. The minimum absolute atomic E-state index is 0.0322. The Labute approximate surface area is 155 Å². The minimum atomic E-state index is 0.0322. The van der Waals surface area contributed by atoms with E-state index in [4.69, 9.17) is 0 Å². The van der Waals surface area contributed by atoms with Crippen LogP contribution in [0.25, 0.3) is 6.08 Å². The van der Waals surface area contributed by atoms with Gasteiger partial charge in [-0.05, 0) is 11.6 Å². The van der Waals surface area contributed by atoms with Crippen molar-refractivity contribution in [3.05, 3.63) is 77.9 Å². The van der Waals surface area contributed by atoms with E-state index in [1.807, 2.05) is 36.4 Å². The lowest BCUT2D eigenvalue weighted by molar-refractivity contribution is -0.954. The summed E-state index contributed by atoms with van der Waals surface area (Å²) in [5.41, 5.74) is 2.48. The maximum atomic E-state index is 12.3. The van der Waals surface area contributed by atoms with Gasteiger partial charge in [0.05, 0.1) is 12.1 Å². The molecule has 2 aliphatic heterocycles. The quantitative estimate of drug-likeness (QED) is 0.801. The van der Waals surface area contributed by atoms with Crippen LogP contribution >= 0.6 is 0 Å². The van der Waals surface area contributed by atoms with Crippen LogP contribution in [0.4, 0.5) is 0 Å². The zero-order valence-electron chi connectivity index (χ0n) is 15.1. The van der Waals surface area contributed by atoms with Crippen molar-refractivity contribution < 1.29 is 9.69 Å². The monoisotopic (exact) mass is 347 g/mol. The highest BCUT2D eigenvalue weighted by Gasteiger charge is 2.44. The predicted molar refractivity (Wildman–Crippen MR) is 105 cm³/mol. The molecule has 1 amide bonds. The molecule has 2 heterocycles. The van der Waals surface area contributed by atoms with Crippen molar-refractivity contribution in [1.82, 2.24) is 5.32 Å². The van der Waals surface area contributed by atoms with Gasteiger partial charge in [0.25, 0.3) is 0 Å². The fourth-order valence-electron chi connectivity index (χ4n) is 4.65. The van der Waals surface area contributed by atoms with E-state index in [1.54, 1.807) is 11.0 Å².